The van der Waals surface area contributed by atoms with Gasteiger partial charge in [-0.05, 0) is 56.5 Å². The maximum absolute atomic E-state index is 6.02. The SMILES string of the molecule is CCOc1cc(CN2CCC(Nc3cncnc3)CC2)cc(OCC)c1-n1cccc1. The molecule has 0 unspecified atom stereocenters. The molecule has 1 N–H and O–H groups in total. The highest BCUT2D eigenvalue weighted by Crippen LogP contribution is 2.35. The lowest BCUT2D eigenvalue weighted by molar-refractivity contribution is 0.210. The van der Waals surface area contributed by atoms with Gasteiger partial charge in [0.1, 0.15) is 23.5 Å². The first-order valence-electron chi connectivity index (χ1n) is 11.1. The van der Waals surface area contributed by atoms with E-state index in [9.17, 15) is 0 Å². The summed E-state index contributed by atoms with van der Waals surface area (Å²) < 4.78 is 14.1. The van der Waals surface area contributed by atoms with E-state index in [1.807, 2.05) is 50.8 Å². The molecular weight excluding hydrogens is 390 g/mol. The minimum atomic E-state index is 0.455. The first-order valence-corrected chi connectivity index (χ1v) is 11.1. The van der Waals surface area contributed by atoms with Crippen LogP contribution < -0.4 is 14.8 Å². The Morgan fingerprint density at radius 3 is 2.16 bits per heavy atom. The number of rotatable bonds is 9. The van der Waals surface area contributed by atoms with E-state index in [4.69, 9.17) is 9.47 Å². The topological polar surface area (TPSA) is 64.4 Å². The van der Waals surface area contributed by atoms with Crippen LogP contribution >= 0.6 is 0 Å². The monoisotopic (exact) mass is 421 g/mol. The molecule has 164 valence electrons. The molecule has 1 aliphatic heterocycles. The van der Waals surface area contributed by atoms with Crippen LogP contribution in [-0.2, 0) is 6.54 Å². The summed E-state index contributed by atoms with van der Waals surface area (Å²) in [5.41, 5.74) is 3.17. The van der Waals surface area contributed by atoms with Crippen LogP contribution in [0.5, 0.6) is 11.5 Å². The molecule has 4 rings (SSSR count). The van der Waals surface area contributed by atoms with Gasteiger partial charge in [0, 0.05) is 38.1 Å². The van der Waals surface area contributed by atoms with Crippen molar-refractivity contribution in [2.45, 2.75) is 39.3 Å². The van der Waals surface area contributed by atoms with Gasteiger partial charge >= 0.3 is 0 Å². The molecule has 2 aromatic heterocycles. The van der Waals surface area contributed by atoms with E-state index in [1.165, 1.54) is 5.56 Å². The van der Waals surface area contributed by atoms with E-state index in [0.29, 0.717) is 19.3 Å². The maximum atomic E-state index is 6.02. The zero-order valence-electron chi connectivity index (χ0n) is 18.3. The molecule has 1 aliphatic rings. The van der Waals surface area contributed by atoms with Crippen molar-refractivity contribution in [1.29, 1.82) is 0 Å². The highest BCUT2D eigenvalue weighted by atomic mass is 16.5. The molecule has 0 spiro atoms. The van der Waals surface area contributed by atoms with Crippen LogP contribution in [0, 0.1) is 0 Å². The van der Waals surface area contributed by atoms with E-state index in [1.54, 1.807) is 6.33 Å². The van der Waals surface area contributed by atoms with Crippen LogP contribution in [-0.4, -0.2) is 51.8 Å². The molecule has 0 aliphatic carbocycles. The van der Waals surface area contributed by atoms with E-state index < -0.39 is 0 Å². The third-order valence-electron chi connectivity index (χ3n) is 5.49. The molecule has 31 heavy (non-hydrogen) atoms. The molecule has 1 saturated heterocycles. The number of aromatic nitrogens is 3. The lowest BCUT2D eigenvalue weighted by Crippen LogP contribution is -2.38. The van der Waals surface area contributed by atoms with Crippen molar-refractivity contribution < 1.29 is 9.47 Å². The highest BCUT2D eigenvalue weighted by Gasteiger charge is 2.21. The van der Waals surface area contributed by atoms with Gasteiger partial charge in [-0.2, -0.15) is 0 Å². The van der Waals surface area contributed by atoms with Gasteiger partial charge < -0.3 is 19.4 Å². The van der Waals surface area contributed by atoms with Crippen LogP contribution in [0.1, 0.15) is 32.3 Å². The number of piperidine rings is 1. The Morgan fingerprint density at radius 1 is 0.968 bits per heavy atom. The van der Waals surface area contributed by atoms with Crippen molar-refractivity contribution in [3.05, 3.63) is 60.9 Å². The lowest BCUT2D eigenvalue weighted by Gasteiger charge is -2.33. The normalized spacial score (nSPS) is 15.0. The number of nitrogens with one attached hydrogen (secondary N) is 1. The average molecular weight is 422 g/mol. The molecule has 0 bridgehead atoms. The van der Waals surface area contributed by atoms with Crippen LogP contribution in [0.15, 0.2) is 55.4 Å². The van der Waals surface area contributed by atoms with Crippen LogP contribution in [0.2, 0.25) is 0 Å². The van der Waals surface area contributed by atoms with Crippen molar-refractivity contribution >= 4 is 5.69 Å². The van der Waals surface area contributed by atoms with Crippen LogP contribution in [0.4, 0.5) is 5.69 Å². The van der Waals surface area contributed by atoms with Gasteiger partial charge in [0.15, 0.2) is 0 Å². The first-order chi connectivity index (χ1) is 15.3. The fourth-order valence-corrected chi connectivity index (χ4v) is 4.10. The first kappa shape index (κ1) is 21.2. The Hall–Kier alpha value is -3.06. The second-order valence-corrected chi connectivity index (χ2v) is 7.72. The standard InChI is InChI=1S/C24H31N5O2/c1-3-30-22-13-19(14-23(31-4-2)24(22)29-9-5-6-10-29)17-28-11-7-20(8-12-28)27-21-15-25-18-26-16-21/h5-6,9-10,13-16,18,20,27H,3-4,7-8,11-12,17H2,1-2H3. The van der Waals surface area contributed by atoms with E-state index in [-0.39, 0.29) is 0 Å². The Bertz CT molecular complexity index is 911. The molecule has 0 atom stereocenters. The summed E-state index contributed by atoms with van der Waals surface area (Å²) in [6, 6.07) is 8.80. The van der Waals surface area contributed by atoms with Gasteiger partial charge in [0.25, 0.3) is 0 Å². The van der Waals surface area contributed by atoms with Crippen molar-refractivity contribution in [3.8, 4) is 17.2 Å². The number of hydrogen-bond donors (Lipinski definition) is 1. The predicted molar refractivity (Wildman–Crippen MR) is 122 cm³/mol. The summed E-state index contributed by atoms with van der Waals surface area (Å²) in [6.07, 6.45) is 11.4. The predicted octanol–water partition coefficient (Wildman–Crippen LogP) is 4.14. The lowest BCUT2D eigenvalue weighted by atomic mass is 10.0. The highest BCUT2D eigenvalue weighted by molar-refractivity contribution is 5.59. The second kappa shape index (κ2) is 10.3. The van der Waals surface area contributed by atoms with E-state index >= 15 is 0 Å². The summed E-state index contributed by atoms with van der Waals surface area (Å²) >= 11 is 0. The summed E-state index contributed by atoms with van der Waals surface area (Å²) in [6.45, 7) is 8.22. The Balaban J connectivity index is 1.46. The molecule has 7 nitrogen and oxygen atoms in total. The quantitative estimate of drug-likeness (QED) is 0.560. The minimum absolute atomic E-state index is 0.455. The molecule has 1 aromatic carbocycles. The zero-order valence-corrected chi connectivity index (χ0v) is 18.3. The van der Waals surface area contributed by atoms with Gasteiger partial charge in [0.2, 0.25) is 0 Å². The summed E-state index contributed by atoms with van der Waals surface area (Å²) in [4.78, 5) is 10.7. The van der Waals surface area contributed by atoms with Gasteiger partial charge in [-0.3, -0.25) is 4.90 Å². The Morgan fingerprint density at radius 2 is 1.58 bits per heavy atom. The smallest absolute Gasteiger partial charge is 0.147 e. The third-order valence-corrected chi connectivity index (χ3v) is 5.49. The van der Waals surface area contributed by atoms with Crippen molar-refractivity contribution in [3.63, 3.8) is 0 Å². The molecule has 3 aromatic rings. The largest absolute Gasteiger partial charge is 0.492 e. The van der Waals surface area contributed by atoms with Gasteiger partial charge in [-0.25, -0.2) is 9.97 Å². The minimum Gasteiger partial charge on any atom is -0.492 e. The number of likely N-dealkylation sites (tertiary alicyclic amines) is 1. The number of nitrogens with zero attached hydrogens (tertiary/aromatic N) is 4. The summed E-state index contributed by atoms with van der Waals surface area (Å²) in [7, 11) is 0. The van der Waals surface area contributed by atoms with Gasteiger partial charge in [-0.1, -0.05) is 0 Å². The fraction of sp³-hybridized carbons (Fsp3) is 0.417. The number of hydrogen-bond acceptors (Lipinski definition) is 6. The van der Waals surface area contributed by atoms with E-state index in [2.05, 4.69) is 36.9 Å². The molecule has 0 amide bonds. The maximum Gasteiger partial charge on any atom is 0.147 e. The number of benzene rings is 1. The third kappa shape index (κ3) is 5.35. The molecular formula is C24H31N5O2. The number of anilines is 1. The van der Waals surface area contributed by atoms with Gasteiger partial charge in [-0.15, -0.1) is 0 Å². The zero-order chi connectivity index (χ0) is 21.5. The van der Waals surface area contributed by atoms with Crippen molar-refractivity contribution in [2.24, 2.45) is 0 Å². The Labute approximate surface area is 184 Å². The second-order valence-electron chi connectivity index (χ2n) is 7.72. The average Bonchev–Trinajstić information content (AvgIpc) is 3.31. The molecule has 0 saturated carbocycles. The fourth-order valence-electron chi connectivity index (χ4n) is 4.10. The molecule has 3 heterocycles. The summed E-state index contributed by atoms with van der Waals surface area (Å²) in [5, 5.41) is 3.55. The molecule has 7 heteroatoms. The van der Waals surface area contributed by atoms with Crippen LogP contribution in [0.3, 0.4) is 0 Å². The van der Waals surface area contributed by atoms with E-state index in [0.717, 1.165) is 55.3 Å². The van der Waals surface area contributed by atoms with Gasteiger partial charge in [0.05, 0.1) is 31.3 Å². The summed E-state index contributed by atoms with van der Waals surface area (Å²) in [5.74, 6) is 1.72. The van der Waals surface area contributed by atoms with Crippen LogP contribution in [0.25, 0.3) is 5.69 Å². The Kier molecular flexibility index (Phi) is 7.04. The molecule has 0 radical (unpaired) electrons. The van der Waals surface area contributed by atoms with Crippen molar-refractivity contribution in [1.82, 2.24) is 19.4 Å². The van der Waals surface area contributed by atoms with Crippen molar-refractivity contribution in [2.75, 3.05) is 31.6 Å². The number of ether oxygens (including phenoxy) is 2. The molecule has 1 fully saturated rings.